The van der Waals surface area contributed by atoms with Gasteiger partial charge in [0.15, 0.2) is 0 Å². The van der Waals surface area contributed by atoms with Gasteiger partial charge in [0.1, 0.15) is 0 Å². The quantitative estimate of drug-likeness (QED) is 0.173. The van der Waals surface area contributed by atoms with Crippen LogP contribution >= 0.6 is 0 Å². The van der Waals surface area contributed by atoms with E-state index in [0.717, 1.165) is 31.5 Å². The van der Waals surface area contributed by atoms with Gasteiger partial charge in [0, 0.05) is 98.3 Å². The Bertz CT molecular complexity index is 2470. The lowest BCUT2D eigenvalue weighted by Crippen LogP contribution is -2.35. The van der Waals surface area contributed by atoms with Gasteiger partial charge in [-0.2, -0.15) is 0 Å². The average Bonchev–Trinajstić information content (AvgIpc) is 4.20. The van der Waals surface area contributed by atoms with Crippen LogP contribution in [0.4, 0.5) is 22.7 Å². The molecule has 0 fully saturated rings. The number of fused-ring (bicyclic) bond motifs is 6. The zero-order chi connectivity index (χ0) is 53.4. The summed E-state index contributed by atoms with van der Waals surface area (Å²) in [4.78, 5) is 9.99. The van der Waals surface area contributed by atoms with Crippen LogP contribution in [-0.4, -0.2) is 65.7 Å². The van der Waals surface area contributed by atoms with Crippen molar-refractivity contribution < 1.29 is 0 Å². The van der Waals surface area contributed by atoms with E-state index in [1.807, 2.05) is 0 Å². The van der Waals surface area contributed by atoms with Gasteiger partial charge in [-0.3, -0.25) is 9.80 Å². The molecular weight excluding hydrogens is 913 g/mol. The van der Waals surface area contributed by atoms with Crippen molar-refractivity contribution in [2.45, 2.75) is 184 Å². The Morgan fingerprint density at radius 1 is 0.347 bits per heavy atom. The first-order valence-corrected chi connectivity index (χ1v) is 29.2. The molecule has 6 aromatic rings. The largest absolute Gasteiger partial charge is 0.382 e. The standard InChI is InChI=1S/3C12H17N.3C11H15N/c1-10(2)13-9-5-7-11-6-3-4-8-12(11)13;1-10(2)13-8-7-11-5-3-4-6-12(11)9-13;1-9(2)11-8-7-10-5-3-4-6-12(10)13-11;1-9(2)12-7-10-5-3-4-6-11(10)8-12;1-9(2)12-8-7-10-5-3-4-6-11(10)12;1-8(2)11-7-9-5-3-4-6-10(9)12-11/h3-4,6,8,10H,5,7,9H2,1-2H3;3-6,10H,7-9H2,1-2H3;3-6,9,11,13H,7-8H2,1-2H3;2*3-6,9H,7-8H2,1-2H3;3-6,8,11-12H,7H2,1-2H3. The Morgan fingerprint density at radius 3 is 1.27 bits per heavy atom. The fourth-order valence-corrected chi connectivity index (χ4v) is 11.4. The van der Waals surface area contributed by atoms with Gasteiger partial charge in [-0.25, -0.2) is 0 Å². The lowest BCUT2D eigenvalue weighted by atomic mass is 9.92. The lowest BCUT2D eigenvalue weighted by molar-refractivity contribution is 0.203. The van der Waals surface area contributed by atoms with Gasteiger partial charge >= 0.3 is 0 Å². The highest BCUT2D eigenvalue weighted by atomic mass is 15.2. The van der Waals surface area contributed by atoms with Crippen LogP contribution in [0.25, 0.3) is 0 Å². The molecule has 12 rings (SSSR count). The van der Waals surface area contributed by atoms with Gasteiger partial charge in [0.05, 0.1) is 0 Å². The molecule has 0 spiro atoms. The van der Waals surface area contributed by atoms with Gasteiger partial charge in [-0.05, 0) is 181 Å². The van der Waals surface area contributed by atoms with Gasteiger partial charge in [-0.15, -0.1) is 0 Å². The summed E-state index contributed by atoms with van der Waals surface area (Å²) in [5.41, 5.74) is 17.6. The van der Waals surface area contributed by atoms with E-state index in [1.165, 1.54) is 126 Å². The summed E-state index contributed by atoms with van der Waals surface area (Å²) in [5.74, 6) is 1.45. The number of aryl methyl sites for hydroxylation is 2. The van der Waals surface area contributed by atoms with Crippen LogP contribution in [0.3, 0.4) is 0 Å². The summed E-state index contributed by atoms with van der Waals surface area (Å²) in [6.07, 6.45) is 8.67. The van der Waals surface area contributed by atoms with E-state index in [-0.39, 0.29) is 0 Å². The maximum Gasteiger partial charge on any atom is 0.0401 e. The van der Waals surface area contributed by atoms with E-state index in [0.29, 0.717) is 36.3 Å². The van der Waals surface area contributed by atoms with Gasteiger partial charge in [0.25, 0.3) is 0 Å². The molecule has 6 heteroatoms. The van der Waals surface area contributed by atoms with Crippen molar-refractivity contribution in [3.8, 4) is 0 Å². The molecule has 6 aromatic carbocycles. The number of para-hydroxylation sites is 4. The first kappa shape index (κ1) is 57.2. The average molecular weight is 1010 g/mol. The maximum atomic E-state index is 3.60. The van der Waals surface area contributed by atoms with Crippen LogP contribution in [-0.2, 0) is 51.7 Å². The molecule has 2 N–H and O–H groups in total. The molecule has 0 radical (unpaired) electrons. The molecule has 402 valence electrons. The number of rotatable bonds is 6. The van der Waals surface area contributed by atoms with Crippen LogP contribution in [0, 0.1) is 11.8 Å². The molecule has 6 nitrogen and oxygen atoms in total. The fourth-order valence-electron chi connectivity index (χ4n) is 11.4. The molecule has 0 aromatic heterocycles. The van der Waals surface area contributed by atoms with Gasteiger partial charge in [0.2, 0.25) is 0 Å². The summed E-state index contributed by atoms with van der Waals surface area (Å²) in [6, 6.07) is 56.1. The highest BCUT2D eigenvalue weighted by Crippen LogP contribution is 2.32. The molecule has 2 unspecified atom stereocenters. The predicted octanol–water partition coefficient (Wildman–Crippen LogP) is 15.9. The van der Waals surface area contributed by atoms with Crippen molar-refractivity contribution in [3.63, 3.8) is 0 Å². The Kier molecular flexibility index (Phi) is 21.3. The monoisotopic (exact) mass is 1010 g/mol. The Morgan fingerprint density at radius 2 is 0.747 bits per heavy atom. The van der Waals surface area contributed by atoms with Crippen LogP contribution in [0.5, 0.6) is 0 Å². The summed E-state index contributed by atoms with van der Waals surface area (Å²) in [5, 5.41) is 7.13. The molecule has 6 aliphatic rings. The van der Waals surface area contributed by atoms with Gasteiger partial charge in [-0.1, -0.05) is 149 Å². The van der Waals surface area contributed by atoms with Crippen molar-refractivity contribution in [1.29, 1.82) is 0 Å². The number of nitrogens with one attached hydrogen (secondary N) is 2. The van der Waals surface area contributed by atoms with Crippen LogP contribution in [0.15, 0.2) is 146 Å². The molecule has 0 saturated carbocycles. The second-order valence-electron chi connectivity index (χ2n) is 23.6. The summed E-state index contributed by atoms with van der Waals surface area (Å²) < 4.78 is 0. The smallest absolute Gasteiger partial charge is 0.0401 e. The number of anilines is 4. The number of hydrogen-bond donors (Lipinski definition) is 2. The minimum absolute atomic E-state index is 0.626. The van der Waals surface area contributed by atoms with E-state index in [2.05, 4.69) is 259 Å². The summed E-state index contributed by atoms with van der Waals surface area (Å²) in [6.45, 7) is 34.2. The third kappa shape index (κ3) is 16.0. The van der Waals surface area contributed by atoms with E-state index >= 15 is 0 Å². The molecule has 6 aliphatic heterocycles. The van der Waals surface area contributed by atoms with Crippen LogP contribution in [0.1, 0.15) is 140 Å². The Balaban J connectivity index is 0.000000131. The third-order valence-corrected chi connectivity index (χ3v) is 16.3. The van der Waals surface area contributed by atoms with Crippen molar-refractivity contribution >= 4 is 22.7 Å². The SMILES string of the molecule is CC(C)C1CCc2ccccc2N1.CC(C)C1Cc2ccccc2N1.CC(C)N1CCCc2ccccc21.CC(C)N1CCc2ccccc21.CC(C)N1CCc2ccccc2C1.CC(C)N1Cc2ccccc2C1. The number of nitrogens with zero attached hydrogens (tertiary/aromatic N) is 4. The summed E-state index contributed by atoms with van der Waals surface area (Å²) >= 11 is 0. The molecule has 2 atom stereocenters. The lowest BCUT2D eigenvalue weighted by Gasteiger charge is -2.34. The van der Waals surface area contributed by atoms with E-state index in [4.69, 9.17) is 0 Å². The zero-order valence-electron chi connectivity index (χ0n) is 48.5. The van der Waals surface area contributed by atoms with E-state index in [1.54, 1.807) is 5.56 Å². The molecule has 0 aliphatic carbocycles. The first-order chi connectivity index (χ1) is 36.2. The molecule has 0 saturated heterocycles. The van der Waals surface area contributed by atoms with Crippen LogP contribution < -0.4 is 20.4 Å². The molecule has 6 heterocycles. The zero-order valence-corrected chi connectivity index (χ0v) is 48.5. The van der Waals surface area contributed by atoms with Gasteiger partial charge < -0.3 is 20.4 Å². The fraction of sp³-hybridized carbons (Fsp3) is 0.478. The number of benzene rings is 6. The molecule has 0 bridgehead atoms. The highest BCUT2D eigenvalue weighted by Gasteiger charge is 2.24. The molecule has 75 heavy (non-hydrogen) atoms. The third-order valence-electron chi connectivity index (χ3n) is 16.3. The van der Waals surface area contributed by atoms with Crippen LogP contribution in [0.2, 0.25) is 0 Å². The second-order valence-corrected chi connectivity index (χ2v) is 23.6. The second kappa shape index (κ2) is 28.0. The minimum atomic E-state index is 0.626. The van der Waals surface area contributed by atoms with Crippen molar-refractivity contribution in [2.24, 2.45) is 11.8 Å². The van der Waals surface area contributed by atoms with E-state index < -0.39 is 0 Å². The van der Waals surface area contributed by atoms with Crippen molar-refractivity contribution in [2.75, 3.05) is 40.1 Å². The Hall–Kier alpha value is -5.56. The van der Waals surface area contributed by atoms with E-state index in [9.17, 15) is 0 Å². The topological polar surface area (TPSA) is 37.0 Å². The predicted molar refractivity (Wildman–Crippen MR) is 326 cm³/mol. The number of hydrogen-bond acceptors (Lipinski definition) is 6. The molecule has 0 amide bonds. The first-order valence-electron chi connectivity index (χ1n) is 29.2. The minimum Gasteiger partial charge on any atom is -0.382 e. The molecular formula is C69H96N6. The van der Waals surface area contributed by atoms with Crippen molar-refractivity contribution in [3.05, 3.63) is 190 Å². The van der Waals surface area contributed by atoms with Crippen molar-refractivity contribution in [1.82, 2.24) is 9.80 Å². The summed E-state index contributed by atoms with van der Waals surface area (Å²) in [7, 11) is 0. The normalized spacial score (nSPS) is 17.9. The maximum absolute atomic E-state index is 3.60. The Labute approximate surface area is 456 Å². The highest BCUT2D eigenvalue weighted by molar-refractivity contribution is 5.59.